The first-order chi connectivity index (χ1) is 9.20. The minimum atomic E-state index is 0.341. The van der Waals surface area contributed by atoms with Crippen molar-refractivity contribution >= 4 is 17.3 Å². The van der Waals surface area contributed by atoms with E-state index in [1.54, 1.807) is 12.1 Å². The number of fused-ring (bicyclic) bond motifs is 1. The van der Waals surface area contributed by atoms with Crippen molar-refractivity contribution in [3.8, 4) is 11.6 Å². The molecule has 2 aromatic rings. The molecule has 1 aliphatic rings. The van der Waals surface area contributed by atoms with Crippen LogP contribution in [0.5, 0.6) is 11.6 Å². The van der Waals surface area contributed by atoms with E-state index in [9.17, 15) is 0 Å². The Bertz CT molecular complexity index is 593. The molecule has 0 aliphatic heterocycles. The van der Waals surface area contributed by atoms with Gasteiger partial charge in [-0.25, -0.2) is 4.98 Å². The Morgan fingerprint density at radius 2 is 1.84 bits per heavy atom. The molecule has 19 heavy (non-hydrogen) atoms. The Labute approximate surface area is 117 Å². The van der Waals surface area contributed by atoms with E-state index in [2.05, 4.69) is 17.1 Å². The number of rotatable bonds is 2. The molecule has 3 nitrogen and oxygen atoms in total. The van der Waals surface area contributed by atoms with Crippen molar-refractivity contribution < 1.29 is 4.74 Å². The zero-order valence-electron chi connectivity index (χ0n) is 10.5. The summed E-state index contributed by atoms with van der Waals surface area (Å²) in [5.41, 5.74) is 9.07. The van der Waals surface area contributed by atoms with Gasteiger partial charge < -0.3 is 10.5 Å². The maximum atomic E-state index is 5.86. The summed E-state index contributed by atoms with van der Waals surface area (Å²) in [6.45, 7) is 0. The molecule has 3 rings (SSSR count). The fourth-order valence-corrected chi connectivity index (χ4v) is 2.65. The Morgan fingerprint density at radius 3 is 2.63 bits per heavy atom. The van der Waals surface area contributed by atoms with Crippen LogP contribution in [0, 0.1) is 0 Å². The number of nitrogen functional groups attached to an aromatic ring is 1. The van der Waals surface area contributed by atoms with E-state index < -0.39 is 0 Å². The molecule has 0 amide bonds. The van der Waals surface area contributed by atoms with E-state index in [0.717, 1.165) is 18.6 Å². The molecule has 0 atom stereocenters. The number of hydrogen-bond acceptors (Lipinski definition) is 3. The summed E-state index contributed by atoms with van der Waals surface area (Å²) in [7, 11) is 0. The number of benzene rings is 1. The lowest BCUT2D eigenvalue weighted by atomic mass is 9.92. The standard InChI is InChI=1S/C15H15ClN2O/c16-14-8-12(17)9-15(18-14)19-13-6-5-10-3-1-2-4-11(10)7-13/h5-9H,1-4H2,(H2,17,18). The minimum Gasteiger partial charge on any atom is -0.439 e. The molecule has 1 heterocycles. The summed E-state index contributed by atoms with van der Waals surface area (Å²) in [5, 5.41) is 0.341. The highest BCUT2D eigenvalue weighted by molar-refractivity contribution is 6.29. The van der Waals surface area contributed by atoms with Crippen molar-refractivity contribution in [3.63, 3.8) is 0 Å². The highest BCUT2D eigenvalue weighted by atomic mass is 35.5. The van der Waals surface area contributed by atoms with Gasteiger partial charge in [0.2, 0.25) is 5.88 Å². The van der Waals surface area contributed by atoms with Crippen molar-refractivity contribution in [1.29, 1.82) is 0 Å². The van der Waals surface area contributed by atoms with Crippen LogP contribution in [0.4, 0.5) is 5.69 Å². The molecule has 98 valence electrons. The first-order valence-electron chi connectivity index (χ1n) is 6.43. The summed E-state index contributed by atoms with van der Waals surface area (Å²) < 4.78 is 5.73. The topological polar surface area (TPSA) is 48.1 Å². The normalized spacial score (nSPS) is 13.9. The molecule has 1 aromatic heterocycles. The largest absolute Gasteiger partial charge is 0.439 e. The Hall–Kier alpha value is -1.74. The van der Waals surface area contributed by atoms with Crippen LogP contribution in [0.15, 0.2) is 30.3 Å². The zero-order valence-corrected chi connectivity index (χ0v) is 11.3. The Kier molecular flexibility index (Phi) is 3.30. The lowest BCUT2D eigenvalue weighted by molar-refractivity contribution is 0.462. The van der Waals surface area contributed by atoms with Gasteiger partial charge in [-0.15, -0.1) is 0 Å². The number of aryl methyl sites for hydroxylation is 2. The van der Waals surface area contributed by atoms with Crippen LogP contribution in [-0.4, -0.2) is 4.98 Å². The second-order valence-corrected chi connectivity index (χ2v) is 5.19. The van der Waals surface area contributed by atoms with Gasteiger partial charge in [0.25, 0.3) is 0 Å². The molecule has 0 unspecified atom stereocenters. The predicted octanol–water partition coefficient (Wildman–Crippen LogP) is 3.99. The van der Waals surface area contributed by atoms with Crippen LogP contribution in [0.3, 0.4) is 0 Å². The second kappa shape index (κ2) is 5.10. The molecule has 0 fully saturated rings. The van der Waals surface area contributed by atoms with Crippen LogP contribution < -0.4 is 10.5 Å². The van der Waals surface area contributed by atoms with Crippen molar-refractivity contribution in [2.75, 3.05) is 5.73 Å². The molecule has 0 radical (unpaired) electrons. The van der Waals surface area contributed by atoms with Gasteiger partial charge in [-0.2, -0.15) is 0 Å². The smallest absolute Gasteiger partial charge is 0.222 e. The fraction of sp³-hybridized carbons (Fsp3) is 0.267. The fourth-order valence-electron chi connectivity index (χ4n) is 2.44. The third-order valence-electron chi connectivity index (χ3n) is 3.34. The Balaban J connectivity index is 1.86. The third-order valence-corrected chi connectivity index (χ3v) is 3.53. The number of nitrogens with zero attached hydrogens (tertiary/aromatic N) is 1. The molecule has 0 spiro atoms. The number of ether oxygens (including phenoxy) is 1. The number of anilines is 1. The molecule has 0 saturated heterocycles. The van der Waals surface area contributed by atoms with Gasteiger partial charge in [-0.1, -0.05) is 17.7 Å². The molecule has 0 bridgehead atoms. The van der Waals surface area contributed by atoms with E-state index in [1.807, 2.05) is 6.07 Å². The van der Waals surface area contributed by atoms with Crippen LogP contribution in [-0.2, 0) is 12.8 Å². The monoisotopic (exact) mass is 274 g/mol. The van der Waals surface area contributed by atoms with E-state index >= 15 is 0 Å². The lowest BCUT2D eigenvalue weighted by Gasteiger charge is -2.16. The molecule has 4 heteroatoms. The Morgan fingerprint density at radius 1 is 1.05 bits per heavy atom. The van der Waals surface area contributed by atoms with Gasteiger partial charge in [0, 0.05) is 11.8 Å². The molecular weight excluding hydrogens is 260 g/mol. The van der Waals surface area contributed by atoms with Crippen LogP contribution >= 0.6 is 11.6 Å². The average Bonchev–Trinajstić information content (AvgIpc) is 2.37. The third kappa shape index (κ3) is 2.82. The lowest BCUT2D eigenvalue weighted by Crippen LogP contribution is -2.02. The van der Waals surface area contributed by atoms with Crippen molar-refractivity contribution in [1.82, 2.24) is 4.98 Å². The average molecular weight is 275 g/mol. The number of halogens is 1. The number of aromatic nitrogens is 1. The quantitative estimate of drug-likeness (QED) is 0.843. The van der Waals surface area contributed by atoms with Gasteiger partial charge in [0.05, 0.1) is 0 Å². The first-order valence-corrected chi connectivity index (χ1v) is 6.81. The number of hydrogen-bond donors (Lipinski definition) is 1. The van der Waals surface area contributed by atoms with Crippen LogP contribution in [0.25, 0.3) is 0 Å². The molecule has 1 aromatic carbocycles. The van der Waals surface area contributed by atoms with Crippen molar-refractivity contribution in [3.05, 3.63) is 46.6 Å². The van der Waals surface area contributed by atoms with Gasteiger partial charge >= 0.3 is 0 Å². The van der Waals surface area contributed by atoms with E-state index in [0.29, 0.717) is 16.7 Å². The zero-order chi connectivity index (χ0) is 13.2. The van der Waals surface area contributed by atoms with Gasteiger partial charge in [-0.05, 0) is 55.0 Å². The molecular formula is C15H15ClN2O. The summed E-state index contributed by atoms with van der Waals surface area (Å²) in [6, 6.07) is 9.47. The van der Waals surface area contributed by atoms with Crippen LogP contribution in [0.2, 0.25) is 5.15 Å². The van der Waals surface area contributed by atoms with Crippen LogP contribution in [0.1, 0.15) is 24.0 Å². The van der Waals surface area contributed by atoms with Gasteiger partial charge in [0.15, 0.2) is 0 Å². The maximum Gasteiger partial charge on any atom is 0.222 e. The summed E-state index contributed by atoms with van der Waals surface area (Å²) in [4.78, 5) is 4.10. The van der Waals surface area contributed by atoms with Gasteiger partial charge in [0.1, 0.15) is 10.9 Å². The van der Waals surface area contributed by atoms with E-state index in [-0.39, 0.29) is 0 Å². The second-order valence-electron chi connectivity index (χ2n) is 4.80. The predicted molar refractivity (Wildman–Crippen MR) is 76.8 cm³/mol. The highest BCUT2D eigenvalue weighted by Crippen LogP contribution is 2.28. The summed E-state index contributed by atoms with van der Waals surface area (Å²) >= 11 is 5.86. The maximum absolute atomic E-state index is 5.86. The van der Waals surface area contributed by atoms with Crippen molar-refractivity contribution in [2.45, 2.75) is 25.7 Å². The van der Waals surface area contributed by atoms with Crippen molar-refractivity contribution in [2.24, 2.45) is 0 Å². The van der Waals surface area contributed by atoms with E-state index in [1.165, 1.54) is 24.0 Å². The molecule has 1 aliphatic carbocycles. The molecule has 2 N–H and O–H groups in total. The van der Waals surface area contributed by atoms with E-state index in [4.69, 9.17) is 22.1 Å². The summed E-state index contributed by atoms with van der Waals surface area (Å²) in [6.07, 6.45) is 4.81. The number of pyridine rings is 1. The molecule has 0 saturated carbocycles. The number of nitrogens with two attached hydrogens (primary N) is 1. The minimum absolute atomic E-state index is 0.341. The summed E-state index contributed by atoms with van der Waals surface area (Å²) in [5.74, 6) is 1.22. The SMILES string of the molecule is Nc1cc(Cl)nc(Oc2ccc3c(c2)CCCC3)c1. The highest BCUT2D eigenvalue weighted by Gasteiger charge is 2.10. The first kappa shape index (κ1) is 12.3. The van der Waals surface area contributed by atoms with Gasteiger partial charge in [-0.3, -0.25) is 0 Å².